The van der Waals surface area contributed by atoms with E-state index in [9.17, 15) is 19.2 Å². The number of fused-ring (bicyclic) bond motifs is 3. The van der Waals surface area contributed by atoms with Crippen LogP contribution in [0.3, 0.4) is 0 Å². The second kappa shape index (κ2) is 5.93. The van der Waals surface area contributed by atoms with E-state index in [2.05, 4.69) is 0 Å². The molecule has 134 valence electrons. The third kappa shape index (κ3) is 2.59. The smallest absolute Gasteiger partial charge is 0.198 e. The van der Waals surface area contributed by atoms with Crippen molar-refractivity contribution in [1.29, 1.82) is 0 Å². The first-order valence-corrected chi connectivity index (χ1v) is 8.57. The van der Waals surface area contributed by atoms with Gasteiger partial charge in [-0.05, 0) is 19.9 Å². The summed E-state index contributed by atoms with van der Waals surface area (Å²) in [4.78, 5) is 46.5. The summed E-state index contributed by atoms with van der Waals surface area (Å²) in [7, 11) is 0. The molecule has 5 nitrogen and oxygen atoms in total. The maximum Gasteiger partial charge on any atom is 0.198 e. The van der Waals surface area contributed by atoms with Gasteiger partial charge >= 0.3 is 0 Å². The van der Waals surface area contributed by atoms with Gasteiger partial charge in [-0.25, -0.2) is 0 Å². The highest BCUT2D eigenvalue weighted by molar-refractivity contribution is 6.24. The summed E-state index contributed by atoms with van der Waals surface area (Å²) in [6, 6.07) is 13.8. The van der Waals surface area contributed by atoms with Crippen molar-refractivity contribution >= 4 is 23.1 Å². The summed E-state index contributed by atoms with van der Waals surface area (Å²) >= 11 is 0. The molecule has 1 fully saturated rings. The molecule has 0 saturated carbocycles. The van der Waals surface area contributed by atoms with Gasteiger partial charge in [-0.2, -0.15) is 0 Å². The molecular formula is C22H16O5. The minimum atomic E-state index is -0.870. The molecule has 2 unspecified atom stereocenters. The molecule has 27 heavy (non-hydrogen) atoms. The third-order valence-electron chi connectivity index (χ3n) is 5.07. The third-order valence-corrected chi connectivity index (χ3v) is 5.07. The Morgan fingerprint density at radius 3 is 2.04 bits per heavy atom. The van der Waals surface area contributed by atoms with E-state index in [1.54, 1.807) is 62.4 Å². The van der Waals surface area contributed by atoms with E-state index < -0.39 is 11.7 Å². The molecule has 3 aliphatic rings. The maximum atomic E-state index is 11.8. The summed E-state index contributed by atoms with van der Waals surface area (Å²) in [6.07, 6.45) is 0.856. The Balaban J connectivity index is 0.000000134. The summed E-state index contributed by atoms with van der Waals surface area (Å²) in [5.41, 5.74) is 1.67. The van der Waals surface area contributed by atoms with Crippen molar-refractivity contribution in [3.63, 3.8) is 0 Å². The zero-order chi connectivity index (χ0) is 19.3. The van der Waals surface area contributed by atoms with Crippen LogP contribution >= 0.6 is 0 Å². The van der Waals surface area contributed by atoms with E-state index in [0.717, 1.165) is 0 Å². The molecular weight excluding hydrogens is 344 g/mol. The zero-order valence-electron chi connectivity index (χ0n) is 14.8. The fourth-order valence-corrected chi connectivity index (χ4v) is 3.44. The SMILES string of the molecule is CC12OC1C(=O)c1ccccc1C2=O.CC1=CC(=O)c2ccccc2C1=O. The first kappa shape index (κ1) is 17.2. The lowest BCUT2D eigenvalue weighted by Crippen LogP contribution is -2.34. The molecule has 1 saturated heterocycles. The van der Waals surface area contributed by atoms with Crippen LogP contribution in [0.25, 0.3) is 0 Å². The van der Waals surface area contributed by atoms with Crippen molar-refractivity contribution in [3.05, 3.63) is 82.4 Å². The van der Waals surface area contributed by atoms with Gasteiger partial charge in [0.2, 0.25) is 0 Å². The highest BCUT2D eigenvalue weighted by Gasteiger charge is 2.65. The number of carbonyl (C=O) groups is 4. The van der Waals surface area contributed by atoms with E-state index in [1.807, 2.05) is 0 Å². The van der Waals surface area contributed by atoms with Crippen LogP contribution in [0.5, 0.6) is 0 Å². The van der Waals surface area contributed by atoms with Crippen molar-refractivity contribution in [1.82, 2.24) is 0 Å². The first-order valence-electron chi connectivity index (χ1n) is 8.57. The highest BCUT2D eigenvalue weighted by atomic mass is 16.6. The zero-order valence-corrected chi connectivity index (χ0v) is 14.8. The summed E-state index contributed by atoms with van der Waals surface area (Å²) in [5, 5.41) is 0. The number of hydrogen-bond acceptors (Lipinski definition) is 5. The van der Waals surface area contributed by atoms with Crippen LogP contribution in [0.15, 0.2) is 60.2 Å². The second-order valence-corrected chi connectivity index (χ2v) is 6.91. The van der Waals surface area contributed by atoms with Gasteiger partial charge in [-0.1, -0.05) is 48.5 Å². The Bertz CT molecular complexity index is 1060. The first-order chi connectivity index (χ1) is 12.8. The Labute approximate surface area is 155 Å². The number of hydrogen-bond donors (Lipinski definition) is 0. The van der Waals surface area contributed by atoms with Crippen LogP contribution in [0.2, 0.25) is 0 Å². The molecule has 5 rings (SSSR count). The maximum absolute atomic E-state index is 11.8. The average Bonchev–Trinajstić information content (AvgIpc) is 3.39. The predicted octanol–water partition coefficient (Wildman–Crippen LogP) is 3.24. The lowest BCUT2D eigenvalue weighted by atomic mass is 9.83. The quantitative estimate of drug-likeness (QED) is 0.674. The fraction of sp³-hybridized carbons (Fsp3) is 0.182. The number of epoxide rings is 1. The van der Waals surface area contributed by atoms with Gasteiger partial charge in [0.25, 0.3) is 0 Å². The van der Waals surface area contributed by atoms with Gasteiger partial charge in [0.05, 0.1) is 0 Å². The topological polar surface area (TPSA) is 80.8 Å². The molecule has 0 amide bonds. The molecule has 0 spiro atoms. The molecule has 0 radical (unpaired) electrons. The largest absolute Gasteiger partial charge is 0.349 e. The number of rotatable bonds is 0. The number of Topliss-reactive ketones (excluding diaryl/α,β-unsaturated/α-hetero) is 3. The molecule has 2 atom stereocenters. The van der Waals surface area contributed by atoms with Gasteiger partial charge in [-0.15, -0.1) is 0 Å². The lowest BCUT2D eigenvalue weighted by Gasteiger charge is -2.14. The normalized spacial score (nSPS) is 24.8. The van der Waals surface area contributed by atoms with E-state index in [4.69, 9.17) is 4.74 Å². The molecule has 1 heterocycles. The number of allylic oxidation sites excluding steroid dienone is 2. The Morgan fingerprint density at radius 1 is 0.815 bits per heavy atom. The molecule has 1 aliphatic heterocycles. The second-order valence-electron chi connectivity index (χ2n) is 6.91. The van der Waals surface area contributed by atoms with Crippen molar-refractivity contribution in [2.45, 2.75) is 25.6 Å². The van der Waals surface area contributed by atoms with E-state index in [1.165, 1.54) is 6.08 Å². The molecule has 0 bridgehead atoms. The van der Waals surface area contributed by atoms with Crippen molar-refractivity contribution in [3.8, 4) is 0 Å². The molecule has 0 N–H and O–H groups in total. The number of ether oxygens (including phenoxy) is 1. The van der Waals surface area contributed by atoms with Crippen LogP contribution < -0.4 is 0 Å². The van der Waals surface area contributed by atoms with Crippen LogP contribution in [-0.2, 0) is 4.74 Å². The Kier molecular flexibility index (Phi) is 3.78. The molecule has 0 aromatic heterocycles. The minimum absolute atomic E-state index is 0.0461. The summed E-state index contributed by atoms with van der Waals surface area (Å²) in [5.74, 6) is -0.261. The molecule has 2 aromatic rings. The predicted molar refractivity (Wildman–Crippen MR) is 97.2 cm³/mol. The van der Waals surface area contributed by atoms with Gasteiger partial charge in [0.15, 0.2) is 34.8 Å². The standard InChI is InChI=1S/C11H8O3.C11H8O2/c1-11-9(13)7-5-3-2-4-6(7)8(12)10(11)14-11;1-7-6-10(12)8-4-2-3-5-9(8)11(7)13/h2-5,10H,1H3;2-6H,1H3. The number of ketones is 4. The van der Waals surface area contributed by atoms with Crippen LogP contribution in [0.4, 0.5) is 0 Å². The van der Waals surface area contributed by atoms with Crippen LogP contribution in [0, 0.1) is 0 Å². The van der Waals surface area contributed by atoms with Crippen molar-refractivity contribution in [2.75, 3.05) is 0 Å². The summed E-state index contributed by atoms with van der Waals surface area (Å²) < 4.78 is 5.17. The van der Waals surface area contributed by atoms with Gasteiger partial charge in [0.1, 0.15) is 0 Å². The monoisotopic (exact) mass is 360 g/mol. The van der Waals surface area contributed by atoms with Gasteiger partial charge < -0.3 is 4.74 Å². The Morgan fingerprint density at radius 2 is 1.37 bits per heavy atom. The molecule has 2 aromatic carbocycles. The van der Waals surface area contributed by atoms with Crippen molar-refractivity contribution < 1.29 is 23.9 Å². The van der Waals surface area contributed by atoms with Crippen molar-refractivity contribution in [2.24, 2.45) is 0 Å². The van der Waals surface area contributed by atoms with Gasteiger partial charge in [-0.3, -0.25) is 19.2 Å². The average molecular weight is 360 g/mol. The number of carbonyl (C=O) groups excluding carboxylic acids is 4. The van der Waals surface area contributed by atoms with Crippen LogP contribution in [-0.4, -0.2) is 34.8 Å². The molecule has 5 heteroatoms. The molecule has 2 aliphatic carbocycles. The van der Waals surface area contributed by atoms with E-state index in [0.29, 0.717) is 27.8 Å². The number of benzene rings is 2. The highest BCUT2D eigenvalue weighted by Crippen LogP contribution is 2.45. The van der Waals surface area contributed by atoms with E-state index >= 15 is 0 Å². The van der Waals surface area contributed by atoms with Crippen LogP contribution in [0.1, 0.15) is 55.3 Å². The fourth-order valence-electron chi connectivity index (χ4n) is 3.44. The lowest BCUT2D eigenvalue weighted by molar-refractivity contribution is 0.0874. The Hall–Kier alpha value is -3.18. The van der Waals surface area contributed by atoms with Gasteiger partial charge in [0, 0.05) is 27.8 Å². The minimum Gasteiger partial charge on any atom is -0.349 e. The summed E-state index contributed by atoms with van der Waals surface area (Å²) in [6.45, 7) is 3.34. The van der Waals surface area contributed by atoms with E-state index in [-0.39, 0.29) is 23.1 Å².